The first kappa shape index (κ1) is 11.4. The minimum absolute atomic E-state index is 0.0424. The Hall–Kier alpha value is -1.06. The Balaban J connectivity index is 2.61. The monoisotopic (exact) mass is 300 g/mol. The Morgan fingerprint density at radius 2 is 1.94 bits per heavy atom. The lowest BCUT2D eigenvalue weighted by Gasteiger charge is -2.06. The predicted octanol–water partition coefficient (Wildman–Crippen LogP) is 4.61. The zero-order valence-corrected chi connectivity index (χ0v) is 10.4. The number of phenolic OH excluding ortho intramolecular Hbond substituents is 1. The molecule has 0 saturated carbocycles. The Morgan fingerprint density at radius 3 is 2.62 bits per heavy atom. The standard InChI is InChI=1S/C12H7BrClFO/c13-10-5-4-9(12(15)11(10)14)7-2-1-3-8(16)6-7/h1-6,16H. The molecule has 0 spiro atoms. The average molecular weight is 302 g/mol. The van der Waals surface area contributed by atoms with Crippen molar-refractivity contribution in [2.75, 3.05) is 0 Å². The summed E-state index contributed by atoms with van der Waals surface area (Å²) in [5.41, 5.74) is 0.955. The quantitative estimate of drug-likeness (QED) is 0.762. The van der Waals surface area contributed by atoms with Gasteiger partial charge in [-0.3, -0.25) is 0 Å². The lowest BCUT2D eigenvalue weighted by atomic mass is 10.1. The van der Waals surface area contributed by atoms with E-state index in [9.17, 15) is 9.50 Å². The highest BCUT2D eigenvalue weighted by Crippen LogP contribution is 2.33. The Labute approximate surface area is 106 Å². The van der Waals surface area contributed by atoms with Gasteiger partial charge in [-0.05, 0) is 39.7 Å². The summed E-state index contributed by atoms with van der Waals surface area (Å²) in [5.74, 6) is -0.405. The SMILES string of the molecule is Oc1cccc(-c2ccc(Br)c(Cl)c2F)c1. The van der Waals surface area contributed by atoms with Crippen LogP contribution < -0.4 is 0 Å². The number of hydrogen-bond donors (Lipinski definition) is 1. The molecule has 0 fully saturated rings. The Kier molecular flexibility index (Phi) is 3.17. The van der Waals surface area contributed by atoms with Crippen molar-refractivity contribution in [2.24, 2.45) is 0 Å². The molecule has 0 aliphatic carbocycles. The molecule has 0 aromatic heterocycles. The van der Waals surface area contributed by atoms with Crippen molar-refractivity contribution < 1.29 is 9.50 Å². The highest BCUT2D eigenvalue weighted by Gasteiger charge is 2.11. The summed E-state index contributed by atoms with van der Waals surface area (Å²) in [7, 11) is 0. The predicted molar refractivity (Wildman–Crippen MR) is 66.2 cm³/mol. The summed E-state index contributed by atoms with van der Waals surface area (Å²) in [6.07, 6.45) is 0. The third-order valence-corrected chi connectivity index (χ3v) is 3.45. The fourth-order valence-corrected chi connectivity index (χ4v) is 1.89. The van der Waals surface area contributed by atoms with Crippen LogP contribution in [0.15, 0.2) is 40.9 Å². The van der Waals surface area contributed by atoms with Crippen molar-refractivity contribution in [3.05, 3.63) is 51.7 Å². The van der Waals surface area contributed by atoms with Gasteiger partial charge in [-0.25, -0.2) is 4.39 Å². The van der Waals surface area contributed by atoms with Crippen molar-refractivity contribution in [1.29, 1.82) is 0 Å². The molecule has 4 heteroatoms. The molecule has 0 atom stereocenters. The summed E-state index contributed by atoms with van der Waals surface area (Å²) in [6.45, 7) is 0. The first-order valence-corrected chi connectivity index (χ1v) is 5.69. The van der Waals surface area contributed by atoms with Gasteiger partial charge in [0.2, 0.25) is 0 Å². The lowest BCUT2D eigenvalue weighted by molar-refractivity contribution is 0.475. The van der Waals surface area contributed by atoms with Gasteiger partial charge in [-0.15, -0.1) is 0 Å². The van der Waals surface area contributed by atoms with E-state index in [1.54, 1.807) is 24.3 Å². The molecule has 0 aliphatic heterocycles. The van der Waals surface area contributed by atoms with Gasteiger partial charge in [0.15, 0.2) is 5.82 Å². The molecule has 0 aliphatic rings. The van der Waals surface area contributed by atoms with Gasteiger partial charge in [0, 0.05) is 10.0 Å². The van der Waals surface area contributed by atoms with Crippen LogP contribution in [0.4, 0.5) is 4.39 Å². The molecule has 0 heterocycles. The third kappa shape index (κ3) is 2.06. The second kappa shape index (κ2) is 4.44. The fourth-order valence-electron chi connectivity index (χ4n) is 1.42. The summed E-state index contributed by atoms with van der Waals surface area (Å²) in [4.78, 5) is 0. The Morgan fingerprint density at radius 1 is 1.19 bits per heavy atom. The molecule has 0 saturated heterocycles. The molecule has 1 nitrogen and oxygen atoms in total. The molecule has 0 unspecified atom stereocenters. The molecule has 2 aromatic rings. The van der Waals surface area contributed by atoms with Gasteiger partial charge >= 0.3 is 0 Å². The van der Waals surface area contributed by atoms with Crippen molar-refractivity contribution >= 4 is 27.5 Å². The minimum atomic E-state index is -0.498. The highest BCUT2D eigenvalue weighted by atomic mass is 79.9. The zero-order valence-electron chi connectivity index (χ0n) is 8.05. The second-order valence-electron chi connectivity index (χ2n) is 3.27. The average Bonchev–Trinajstić information content (AvgIpc) is 2.26. The second-order valence-corrected chi connectivity index (χ2v) is 4.51. The van der Waals surface area contributed by atoms with Crippen LogP contribution in [0, 0.1) is 5.82 Å². The maximum absolute atomic E-state index is 13.8. The summed E-state index contributed by atoms with van der Waals surface area (Å²) >= 11 is 8.93. The molecular weight excluding hydrogens is 294 g/mol. The van der Waals surface area contributed by atoms with Gasteiger partial charge in [0.1, 0.15) is 5.75 Å². The maximum atomic E-state index is 13.8. The van der Waals surface area contributed by atoms with Gasteiger partial charge in [0.25, 0.3) is 0 Å². The molecule has 2 aromatic carbocycles. The van der Waals surface area contributed by atoms with E-state index >= 15 is 0 Å². The van der Waals surface area contributed by atoms with E-state index in [0.29, 0.717) is 15.6 Å². The van der Waals surface area contributed by atoms with E-state index < -0.39 is 5.82 Å². The van der Waals surface area contributed by atoms with Crippen LogP contribution in [-0.2, 0) is 0 Å². The van der Waals surface area contributed by atoms with Crippen molar-refractivity contribution in [3.63, 3.8) is 0 Å². The molecule has 2 rings (SSSR count). The number of benzene rings is 2. The number of hydrogen-bond acceptors (Lipinski definition) is 1. The smallest absolute Gasteiger partial charge is 0.150 e. The van der Waals surface area contributed by atoms with Gasteiger partial charge in [-0.1, -0.05) is 29.8 Å². The largest absolute Gasteiger partial charge is 0.508 e. The molecule has 0 radical (unpaired) electrons. The van der Waals surface area contributed by atoms with Crippen LogP contribution in [0.2, 0.25) is 5.02 Å². The number of aromatic hydroxyl groups is 1. The van der Waals surface area contributed by atoms with Crippen LogP contribution in [-0.4, -0.2) is 5.11 Å². The third-order valence-electron chi connectivity index (χ3n) is 2.19. The van der Waals surface area contributed by atoms with Crippen LogP contribution in [0.5, 0.6) is 5.75 Å². The van der Waals surface area contributed by atoms with Gasteiger partial charge < -0.3 is 5.11 Å². The van der Waals surface area contributed by atoms with E-state index in [-0.39, 0.29) is 10.8 Å². The molecule has 0 bridgehead atoms. The zero-order chi connectivity index (χ0) is 11.7. The number of phenols is 1. The first-order valence-electron chi connectivity index (χ1n) is 4.52. The fraction of sp³-hybridized carbons (Fsp3) is 0. The summed E-state index contributed by atoms with van der Waals surface area (Å²) < 4.78 is 14.3. The van der Waals surface area contributed by atoms with Gasteiger partial charge in [0.05, 0.1) is 5.02 Å². The van der Waals surface area contributed by atoms with Crippen LogP contribution in [0.3, 0.4) is 0 Å². The molecular formula is C12H7BrClFO. The molecule has 0 amide bonds. The number of rotatable bonds is 1. The van der Waals surface area contributed by atoms with E-state index in [1.165, 1.54) is 12.1 Å². The minimum Gasteiger partial charge on any atom is -0.508 e. The molecule has 16 heavy (non-hydrogen) atoms. The van der Waals surface area contributed by atoms with E-state index in [4.69, 9.17) is 11.6 Å². The first-order chi connectivity index (χ1) is 7.59. The summed E-state index contributed by atoms with van der Waals surface area (Å²) in [5, 5.41) is 9.37. The Bertz CT molecular complexity index is 543. The van der Waals surface area contributed by atoms with Crippen molar-refractivity contribution in [1.82, 2.24) is 0 Å². The van der Waals surface area contributed by atoms with Crippen LogP contribution in [0.25, 0.3) is 11.1 Å². The maximum Gasteiger partial charge on any atom is 0.150 e. The van der Waals surface area contributed by atoms with Crippen LogP contribution >= 0.6 is 27.5 Å². The number of halogens is 3. The van der Waals surface area contributed by atoms with Gasteiger partial charge in [-0.2, -0.15) is 0 Å². The van der Waals surface area contributed by atoms with Crippen molar-refractivity contribution in [3.8, 4) is 16.9 Å². The highest BCUT2D eigenvalue weighted by molar-refractivity contribution is 9.10. The normalized spacial score (nSPS) is 10.4. The molecule has 1 N–H and O–H groups in total. The van der Waals surface area contributed by atoms with E-state index in [1.807, 2.05) is 0 Å². The lowest BCUT2D eigenvalue weighted by Crippen LogP contribution is -1.86. The van der Waals surface area contributed by atoms with E-state index in [2.05, 4.69) is 15.9 Å². The summed E-state index contributed by atoms with van der Waals surface area (Å²) in [6, 6.07) is 9.66. The molecule has 82 valence electrons. The van der Waals surface area contributed by atoms with Crippen LogP contribution in [0.1, 0.15) is 0 Å². The van der Waals surface area contributed by atoms with E-state index in [0.717, 1.165) is 0 Å². The topological polar surface area (TPSA) is 20.2 Å². The van der Waals surface area contributed by atoms with Crippen molar-refractivity contribution in [2.45, 2.75) is 0 Å².